The summed E-state index contributed by atoms with van der Waals surface area (Å²) in [6.07, 6.45) is 2.25. The number of aryl methyl sites for hydroxylation is 1. The van der Waals surface area contributed by atoms with Crippen LogP contribution < -0.4 is 10.1 Å². The molecule has 0 radical (unpaired) electrons. The molecule has 0 fully saturated rings. The number of nitrogens with zero attached hydrogens (tertiary/aromatic N) is 2. The highest BCUT2D eigenvalue weighted by Gasteiger charge is 2.12. The zero-order chi connectivity index (χ0) is 13.8. The first-order valence-electron chi connectivity index (χ1n) is 6.11. The maximum absolute atomic E-state index is 6.13. The van der Waals surface area contributed by atoms with Gasteiger partial charge in [-0.2, -0.15) is 0 Å². The van der Waals surface area contributed by atoms with Crippen LogP contribution in [0.5, 0.6) is 11.6 Å². The number of hydrogen-bond acceptors (Lipinski definition) is 4. The molecule has 0 saturated carbocycles. The van der Waals surface area contributed by atoms with E-state index in [0.717, 1.165) is 23.4 Å². The molecule has 0 aliphatic heterocycles. The summed E-state index contributed by atoms with van der Waals surface area (Å²) in [6.45, 7) is 4.02. The molecule has 4 nitrogen and oxygen atoms in total. The lowest BCUT2D eigenvalue weighted by Crippen LogP contribution is -2.02. The number of halogens is 1. The van der Waals surface area contributed by atoms with Crippen molar-refractivity contribution in [1.82, 2.24) is 9.97 Å². The molecule has 100 valence electrons. The Kier molecular flexibility index (Phi) is 4.22. The molecular weight excluding hydrogens is 262 g/mol. The maximum Gasteiger partial charge on any atom is 0.227 e. The summed E-state index contributed by atoms with van der Waals surface area (Å²) in [4.78, 5) is 8.37. The first-order chi connectivity index (χ1) is 9.15. The Labute approximate surface area is 117 Å². The average Bonchev–Trinajstić information content (AvgIpc) is 2.42. The van der Waals surface area contributed by atoms with Crippen LogP contribution in [0, 0.1) is 6.92 Å². The molecule has 0 aliphatic rings. The third kappa shape index (κ3) is 2.96. The molecule has 2 rings (SSSR count). The van der Waals surface area contributed by atoms with Crippen molar-refractivity contribution < 1.29 is 4.74 Å². The lowest BCUT2D eigenvalue weighted by Gasteiger charge is -2.13. The fraction of sp³-hybridized carbons (Fsp3) is 0.286. The minimum absolute atomic E-state index is 0.536. The van der Waals surface area contributed by atoms with Crippen LogP contribution in [0.2, 0.25) is 5.02 Å². The molecule has 0 aliphatic carbocycles. The fourth-order valence-electron chi connectivity index (χ4n) is 1.81. The Morgan fingerprint density at radius 3 is 2.79 bits per heavy atom. The Balaban J connectivity index is 2.40. The highest BCUT2D eigenvalue weighted by Crippen LogP contribution is 2.32. The predicted octanol–water partition coefficient (Wildman–Crippen LogP) is 3.83. The van der Waals surface area contributed by atoms with E-state index in [4.69, 9.17) is 16.3 Å². The topological polar surface area (TPSA) is 47.0 Å². The molecule has 1 aromatic heterocycles. The van der Waals surface area contributed by atoms with Gasteiger partial charge in [0.15, 0.2) is 0 Å². The zero-order valence-electron chi connectivity index (χ0n) is 11.2. The van der Waals surface area contributed by atoms with Crippen molar-refractivity contribution in [1.29, 1.82) is 0 Å². The van der Waals surface area contributed by atoms with Gasteiger partial charge >= 0.3 is 0 Å². The van der Waals surface area contributed by atoms with Crippen LogP contribution in [-0.4, -0.2) is 17.0 Å². The van der Waals surface area contributed by atoms with Crippen LogP contribution >= 0.6 is 11.6 Å². The highest BCUT2D eigenvalue weighted by atomic mass is 35.5. The van der Waals surface area contributed by atoms with Gasteiger partial charge in [0, 0.05) is 7.05 Å². The SMILES string of the molecule is CCc1c(NC)ncnc1Oc1cc(C)ccc1Cl. The van der Waals surface area contributed by atoms with Gasteiger partial charge in [0.1, 0.15) is 17.9 Å². The first kappa shape index (κ1) is 13.6. The average molecular weight is 278 g/mol. The summed E-state index contributed by atoms with van der Waals surface area (Å²) in [5.41, 5.74) is 2.02. The molecule has 0 saturated heterocycles. The van der Waals surface area contributed by atoms with E-state index in [1.807, 2.05) is 39.1 Å². The van der Waals surface area contributed by atoms with E-state index in [1.54, 1.807) is 0 Å². The lowest BCUT2D eigenvalue weighted by atomic mass is 10.2. The summed E-state index contributed by atoms with van der Waals surface area (Å²) in [5, 5.41) is 3.60. The molecule has 0 unspecified atom stereocenters. The normalized spacial score (nSPS) is 10.3. The Bertz CT molecular complexity index is 587. The molecular formula is C14H16ClN3O. The molecule has 19 heavy (non-hydrogen) atoms. The number of rotatable bonds is 4. The fourth-order valence-corrected chi connectivity index (χ4v) is 1.97. The van der Waals surface area contributed by atoms with Crippen molar-refractivity contribution in [2.24, 2.45) is 0 Å². The molecule has 0 atom stereocenters. The van der Waals surface area contributed by atoms with Crippen molar-refractivity contribution >= 4 is 17.4 Å². The van der Waals surface area contributed by atoms with Crippen molar-refractivity contribution in [3.05, 3.63) is 40.7 Å². The van der Waals surface area contributed by atoms with E-state index < -0.39 is 0 Å². The van der Waals surface area contributed by atoms with Gasteiger partial charge in [0.2, 0.25) is 5.88 Å². The smallest absolute Gasteiger partial charge is 0.227 e. The van der Waals surface area contributed by atoms with Gasteiger partial charge in [0.25, 0.3) is 0 Å². The van der Waals surface area contributed by atoms with Crippen LogP contribution in [0.1, 0.15) is 18.1 Å². The summed E-state index contributed by atoms with van der Waals surface area (Å²) in [7, 11) is 1.82. The Morgan fingerprint density at radius 1 is 1.32 bits per heavy atom. The number of anilines is 1. The number of benzene rings is 1. The van der Waals surface area contributed by atoms with Gasteiger partial charge in [0.05, 0.1) is 10.6 Å². The van der Waals surface area contributed by atoms with Crippen molar-refractivity contribution in [2.75, 3.05) is 12.4 Å². The van der Waals surface area contributed by atoms with E-state index in [0.29, 0.717) is 16.7 Å². The summed E-state index contributed by atoms with van der Waals surface area (Å²) in [6, 6.07) is 5.65. The van der Waals surface area contributed by atoms with Crippen molar-refractivity contribution in [3.8, 4) is 11.6 Å². The number of aromatic nitrogens is 2. The minimum Gasteiger partial charge on any atom is -0.437 e. The van der Waals surface area contributed by atoms with Crippen molar-refractivity contribution in [2.45, 2.75) is 20.3 Å². The van der Waals surface area contributed by atoms with Crippen LogP contribution in [0.15, 0.2) is 24.5 Å². The van der Waals surface area contributed by atoms with Gasteiger partial charge in [-0.3, -0.25) is 0 Å². The molecule has 0 spiro atoms. The van der Waals surface area contributed by atoms with Crippen LogP contribution in [0.3, 0.4) is 0 Å². The lowest BCUT2D eigenvalue weighted by molar-refractivity contribution is 0.455. The molecule has 5 heteroatoms. The van der Waals surface area contributed by atoms with Crippen molar-refractivity contribution in [3.63, 3.8) is 0 Å². The molecule has 1 aromatic carbocycles. The summed E-state index contributed by atoms with van der Waals surface area (Å²) >= 11 is 6.13. The van der Waals surface area contributed by atoms with Gasteiger partial charge in [-0.05, 0) is 31.0 Å². The van der Waals surface area contributed by atoms with E-state index in [9.17, 15) is 0 Å². The molecule has 1 N–H and O–H groups in total. The Morgan fingerprint density at radius 2 is 2.11 bits per heavy atom. The monoisotopic (exact) mass is 277 g/mol. The van der Waals surface area contributed by atoms with Crippen LogP contribution in [0.4, 0.5) is 5.82 Å². The largest absolute Gasteiger partial charge is 0.437 e. The van der Waals surface area contributed by atoms with Gasteiger partial charge in [-0.1, -0.05) is 24.6 Å². The molecule has 0 amide bonds. The second-order valence-corrected chi connectivity index (χ2v) is 4.55. The molecule has 1 heterocycles. The number of hydrogen-bond donors (Lipinski definition) is 1. The van der Waals surface area contributed by atoms with E-state index in [-0.39, 0.29) is 0 Å². The zero-order valence-corrected chi connectivity index (χ0v) is 12.0. The third-order valence-electron chi connectivity index (χ3n) is 2.79. The van der Waals surface area contributed by atoms with E-state index in [1.165, 1.54) is 6.33 Å². The molecule has 0 bridgehead atoms. The summed E-state index contributed by atoms with van der Waals surface area (Å²) < 4.78 is 5.83. The molecule has 2 aromatic rings. The van der Waals surface area contributed by atoms with Gasteiger partial charge < -0.3 is 10.1 Å². The van der Waals surface area contributed by atoms with E-state index >= 15 is 0 Å². The predicted molar refractivity (Wildman–Crippen MR) is 77.2 cm³/mol. The second-order valence-electron chi connectivity index (χ2n) is 4.15. The van der Waals surface area contributed by atoms with E-state index in [2.05, 4.69) is 15.3 Å². The van der Waals surface area contributed by atoms with Crippen LogP contribution in [-0.2, 0) is 6.42 Å². The number of ether oxygens (including phenoxy) is 1. The Hall–Kier alpha value is -1.81. The van der Waals surface area contributed by atoms with Gasteiger partial charge in [-0.15, -0.1) is 0 Å². The quantitative estimate of drug-likeness (QED) is 0.922. The van der Waals surface area contributed by atoms with Crippen LogP contribution in [0.25, 0.3) is 0 Å². The second kappa shape index (κ2) is 5.89. The maximum atomic E-state index is 6.13. The highest BCUT2D eigenvalue weighted by molar-refractivity contribution is 6.32. The number of nitrogens with one attached hydrogen (secondary N) is 1. The summed E-state index contributed by atoms with van der Waals surface area (Å²) in [5.74, 6) is 1.92. The minimum atomic E-state index is 0.536. The van der Waals surface area contributed by atoms with Gasteiger partial charge in [-0.25, -0.2) is 9.97 Å². The first-order valence-corrected chi connectivity index (χ1v) is 6.49. The standard InChI is InChI=1S/C14H16ClN3O/c1-4-10-13(16-3)17-8-18-14(10)19-12-7-9(2)5-6-11(12)15/h5-8H,4H2,1-3H3,(H,16,17,18). The third-order valence-corrected chi connectivity index (χ3v) is 3.10.